The van der Waals surface area contributed by atoms with E-state index in [4.69, 9.17) is 4.74 Å². The van der Waals surface area contributed by atoms with Crippen LogP contribution in [-0.2, 0) is 0 Å². The van der Waals surface area contributed by atoms with Gasteiger partial charge in [-0.15, -0.1) is 0 Å². The first-order chi connectivity index (χ1) is 13.0. The predicted octanol–water partition coefficient (Wildman–Crippen LogP) is 5.70. The SMILES string of the molecule is O=C(C=Cc1ccc(OC(=O)c2ccccc2F)cc1)c1ccc(Br)cc1. The topological polar surface area (TPSA) is 43.4 Å². The fraction of sp³-hybridized carbons (Fsp3) is 0. The lowest BCUT2D eigenvalue weighted by Gasteiger charge is -2.05. The van der Waals surface area contributed by atoms with E-state index in [1.165, 1.54) is 24.3 Å². The molecule has 0 N–H and O–H groups in total. The summed E-state index contributed by atoms with van der Waals surface area (Å²) >= 11 is 3.33. The van der Waals surface area contributed by atoms with Crippen molar-refractivity contribution in [2.24, 2.45) is 0 Å². The Hall–Kier alpha value is -3.05. The molecule has 0 fully saturated rings. The molecule has 0 bridgehead atoms. The smallest absolute Gasteiger partial charge is 0.346 e. The standard InChI is InChI=1S/C22H14BrFO3/c23-17-10-8-16(9-11-17)21(25)14-7-15-5-12-18(13-6-15)27-22(26)19-3-1-2-4-20(19)24/h1-14H. The Morgan fingerprint density at radius 1 is 0.889 bits per heavy atom. The van der Waals surface area contributed by atoms with Crippen molar-refractivity contribution in [1.29, 1.82) is 0 Å². The van der Waals surface area contributed by atoms with Gasteiger partial charge in [0.05, 0.1) is 5.56 Å². The maximum absolute atomic E-state index is 13.6. The lowest BCUT2D eigenvalue weighted by Crippen LogP contribution is -2.10. The fourth-order valence-corrected chi connectivity index (χ4v) is 2.58. The molecule has 0 unspecified atom stereocenters. The first kappa shape index (κ1) is 18.7. The highest BCUT2D eigenvalue weighted by atomic mass is 79.9. The van der Waals surface area contributed by atoms with Crippen molar-refractivity contribution < 1.29 is 18.7 Å². The molecule has 0 aliphatic heterocycles. The van der Waals surface area contributed by atoms with E-state index in [2.05, 4.69) is 15.9 Å². The van der Waals surface area contributed by atoms with Gasteiger partial charge in [0.15, 0.2) is 5.78 Å². The van der Waals surface area contributed by atoms with Crippen LogP contribution in [0.3, 0.4) is 0 Å². The monoisotopic (exact) mass is 424 g/mol. The minimum Gasteiger partial charge on any atom is -0.423 e. The fourth-order valence-electron chi connectivity index (χ4n) is 2.32. The van der Waals surface area contributed by atoms with Crippen LogP contribution in [-0.4, -0.2) is 11.8 Å². The van der Waals surface area contributed by atoms with Crippen LogP contribution in [0.2, 0.25) is 0 Å². The average Bonchev–Trinajstić information content (AvgIpc) is 2.68. The van der Waals surface area contributed by atoms with Gasteiger partial charge in [0.1, 0.15) is 11.6 Å². The van der Waals surface area contributed by atoms with Crippen LogP contribution in [0.5, 0.6) is 5.75 Å². The molecule has 0 saturated carbocycles. The van der Waals surface area contributed by atoms with Crippen molar-refractivity contribution in [3.63, 3.8) is 0 Å². The van der Waals surface area contributed by atoms with Gasteiger partial charge in [0.2, 0.25) is 0 Å². The van der Waals surface area contributed by atoms with E-state index >= 15 is 0 Å². The van der Waals surface area contributed by atoms with E-state index in [1.54, 1.807) is 60.7 Å². The Labute approximate surface area is 164 Å². The molecule has 0 aliphatic carbocycles. The van der Waals surface area contributed by atoms with Crippen molar-refractivity contribution in [1.82, 2.24) is 0 Å². The van der Waals surface area contributed by atoms with Gasteiger partial charge < -0.3 is 4.74 Å². The second-order valence-corrected chi connectivity index (χ2v) is 6.56. The third kappa shape index (κ3) is 4.99. The molecule has 0 saturated heterocycles. The summed E-state index contributed by atoms with van der Waals surface area (Å²) in [6.07, 6.45) is 3.15. The summed E-state index contributed by atoms with van der Waals surface area (Å²) in [5.41, 5.74) is 1.23. The van der Waals surface area contributed by atoms with Crippen LogP contribution in [0.1, 0.15) is 26.3 Å². The van der Waals surface area contributed by atoms with E-state index in [0.29, 0.717) is 11.3 Å². The zero-order chi connectivity index (χ0) is 19.2. The third-order valence-corrected chi connectivity index (χ3v) is 4.27. The maximum Gasteiger partial charge on any atom is 0.346 e. The minimum atomic E-state index is -0.762. The zero-order valence-corrected chi connectivity index (χ0v) is 15.6. The zero-order valence-electron chi connectivity index (χ0n) is 14.1. The highest BCUT2D eigenvalue weighted by Crippen LogP contribution is 2.17. The number of allylic oxidation sites excluding steroid dienone is 1. The highest BCUT2D eigenvalue weighted by Gasteiger charge is 2.13. The maximum atomic E-state index is 13.6. The Morgan fingerprint density at radius 3 is 2.22 bits per heavy atom. The van der Waals surface area contributed by atoms with Gasteiger partial charge in [0, 0.05) is 10.0 Å². The molecule has 0 aromatic heterocycles. The molecule has 0 aliphatic rings. The number of rotatable bonds is 5. The molecule has 0 amide bonds. The molecule has 0 spiro atoms. The Balaban J connectivity index is 1.65. The van der Waals surface area contributed by atoms with Gasteiger partial charge in [-0.05, 0) is 60.2 Å². The number of carbonyl (C=O) groups is 2. The number of ketones is 1. The summed E-state index contributed by atoms with van der Waals surface area (Å²) < 4.78 is 19.7. The summed E-state index contributed by atoms with van der Waals surface area (Å²) in [7, 11) is 0. The van der Waals surface area contributed by atoms with Crippen LogP contribution in [0.15, 0.2) is 83.3 Å². The van der Waals surface area contributed by atoms with Crippen LogP contribution in [0.25, 0.3) is 6.08 Å². The number of esters is 1. The molecule has 0 atom stereocenters. The van der Waals surface area contributed by atoms with Crippen molar-refractivity contribution in [2.75, 3.05) is 0 Å². The van der Waals surface area contributed by atoms with Crippen molar-refractivity contribution in [3.05, 3.63) is 106 Å². The second kappa shape index (κ2) is 8.56. The Morgan fingerprint density at radius 2 is 1.56 bits per heavy atom. The van der Waals surface area contributed by atoms with E-state index in [0.717, 1.165) is 10.0 Å². The second-order valence-electron chi connectivity index (χ2n) is 5.64. The molecular formula is C22H14BrFO3. The summed E-state index contributed by atoms with van der Waals surface area (Å²) in [6, 6.07) is 19.3. The number of carbonyl (C=O) groups excluding carboxylic acids is 2. The number of ether oxygens (including phenoxy) is 1. The molecule has 3 aromatic carbocycles. The normalized spacial score (nSPS) is 10.7. The van der Waals surface area contributed by atoms with Crippen molar-refractivity contribution in [3.8, 4) is 5.75 Å². The Kier molecular flexibility index (Phi) is 5.94. The molecule has 0 radical (unpaired) electrons. The summed E-state index contributed by atoms with van der Waals surface area (Å²) in [4.78, 5) is 24.1. The summed E-state index contributed by atoms with van der Waals surface area (Å²) in [5.74, 6) is -1.22. The van der Waals surface area contributed by atoms with Gasteiger partial charge in [0.25, 0.3) is 0 Å². The van der Waals surface area contributed by atoms with E-state index in [1.807, 2.05) is 0 Å². The van der Waals surface area contributed by atoms with Crippen LogP contribution >= 0.6 is 15.9 Å². The number of hydrogen-bond acceptors (Lipinski definition) is 3. The lowest BCUT2D eigenvalue weighted by molar-refractivity contribution is 0.0729. The summed E-state index contributed by atoms with van der Waals surface area (Å²) in [6.45, 7) is 0. The largest absolute Gasteiger partial charge is 0.423 e. The molecular weight excluding hydrogens is 411 g/mol. The van der Waals surface area contributed by atoms with E-state index < -0.39 is 11.8 Å². The lowest BCUT2D eigenvalue weighted by atomic mass is 10.1. The third-order valence-electron chi connectivity index (χ3n) is 3.74. The van der Waals surface area contributed by atoms with Gasteiger partial charge in [-0.2, -0.15) is 0 Å². The van der Waals surface area contributed by atoms with Gasteiger partial charge in [-0.3, -0.25) is 4.79 Å². The first-order valence-corrected chi connectivity index (χ1v) is 8.87. The number of hydrogen-bond donors (Lipinski definition) is 0. The molecule has 3 nitrogen and oxygen atoms in total. The van der Waals surface area contributed by atoms with Crippen LogP contribution in [0.4, 0.5) is 4.39 Å². The van der Waals surface area contributed by atoms with Crippen molar-refractivity contribution >= 4 is 33.8 Å². The first-order valence-electron chi connectivity index (χ1n) is 8.08. The molecule has 3 aromatic rings. The molecule has 0 heterocycles. The van der Waals surface area contributed by atoms with Crippen molar-refractivity contribution in [2.45, 2.75) is 0 Å². The van der Waals surface area contributed by atoms with E-state index in [9.17, 15) is 14.0 Å². The number of benzene rings is 3. The van der Waals surface area contributed by atoms with Gasteiger partial charge >= 0.3 is 5.97 Å². The molecule has 27 heavy (non-hydrogen) atoms. The van der Waals surface area contributed by atoms with Gasteiger partial charge in [-0.1, -0.05) is 46.3 Å². The number of halogens is 2. The van der Waals surface area contributed by atoms with Crippen LogP contribution in [0, 0.1) is 5.82 Å². The van der Waals surface area contributed by atoms with Gasteiger partial charge in [-0.25, -0.2) is 9.18 Å². The molecule has 134 valence electrons. The minimum absolute atomic E-state index is 0.113. The quantitative estimate of drug-likeness (QED) is 0.228. The molecule has 3 rings (SSSR count). The van der Waals surface area contributed by atoms with Crippen LogP contribution < -0.4 is 4.74 Å². The molecule has 5 heteroatoms. The Bertz CT molecular complexity index is 993. The highest BCUT2D eigenvalue weighted by molar-refractivity contribution is 9.10. The average molecular weight is 425 g/mol. The van der Waals surface area contributed by atoms with E-state index in [-0.39, 0.29) is 11.3 Å². The summed E-state index contributed by atoms with van der Waals surface area (Å²) in [5, 5.41) is 0. The predicted molar refractivity (Wildman–Crippen MR) is 105 cm³/mol.